The summed E-state index contributed by atoms with van der Waals surface area (Å²) in [4.78, 5) is 15.7. The summed E-state index contributed by atoms with van der Waals surface area (Å²) < 4.78 is 18.7. The average molecular weight is 362 g/mol. The van der Waals surface area contributed by atoms with Gasteiger partial charge in [-0.1, -0.05) is 18.2 Å². The van der Waals surface area contributed by atoms with E-state index in [9.17, 15) is 9.18 Å². The van der Waals surface area contributed by atoms with Crippen LogP contribution in [-0.4, -0.2) is 43.7 Å². The third kappa shape index (κ3) is 5.36. The van der Waals surface area contributed by atoms with E-state index in [1.165, 1.54) is 17.0 Å². The van der Waals surface area contributed by atoms with Gasteiger partial charge in [0.1, 0.15) is 5.82 Å². The molecule has 1 fully saturated rings. The van der Waals surface area contributed by atoms with Crippen LogP contribution >= 0.6 is 11.3 Å². The first-order valence-corrected chi connectivity index (χ1v) is 9.46. The Morgan fingerprint density at radius 2 is 2.00 bits per heavy atom. The number of morpholine rings is 1. The van der Waals surface area contributed by atoms with Gasteiger partial charge in [-0.15, -0.1) is 11.3 Å². The van der Waals surface area contributed by atoms with Gasteiger partial charge in [0.2, 0.25) is 5.91 Å². The zero-order valence-electron chi connectivity index (χ0n) is 14.1. The highest BCUT2D eigenvalue weighted by atomic mass is 32.1. The summed E-state index contributed by atoms with van der Waals surface area (Å²) in [5, 5.41) is 5.07. The van der Waals surface area contributed by atoms with Crippen molar-refractivity contribution in [3.05, 3.63) is 58.0 Å². The minimum absolute atomic E-state index is 0.0372. The van der Waals surface area contributed by atoms with E-state index in [-0.39, 0.29) is 17.8 Å². The van der Waals surface area contributed by atoms with E-state index < -0.39 is 0 Å². The molecule has 2 heterocycles. The molecule has 1 aliphatic heterocycles. The number of aryl methyl sites for hydroxylation is 1. The van der Waals surface area contributed by atoms with Crippen LogP contribution in [-0.2, 0) is 16.0 Å². The highest BCUT2D eigenvalue weighted by Crippen LogP contribution is 2.22. The summed E-state index contributed by atoms with van der Waals surface area (Å²) in [6.45, 7) is 3.52. The van der Waals surface area contributed by atoms with Crippen molar-refractivity contribution in [1.82, 2.24) is 10.2 Å². The smallest absolute Gasteiger partial charge is 0.220 e. The molecule has 3 rings (SSSR count). The van der Waals surface area contributed by atoms with Gasteiger partial charge in [0, 0.05) is 30.9 Å². The summed E-state index contributed by atoms with van der Waals surface area (Å²) in [5.74, 6) is -0.196. The molecule has 0 bridgehead atoms. The van der Waals surface area contributed by atoms with Crippen molar-refractivity contribution < 1.29 is 13.9 Å². The Kier molecular flexibility index (Phi) is 6.55. The molecule has 0 radical (unpaired) electrons. The minimum atomic E-state index is -0.246. The number of hydrogen-bond acceptors (Lipinski definition) is 4. The number of carbonyl (C=O) groups is 1. The van der Waals surface area contributed by atoms with Gasteiger partial charge < -0.3 is 10.1 Å². The first-order chi connectivity index (χ1) is 12.2. The number of halogens is 1. The Labute approximate surface area is 151 Å². The van der Waals surface area contributed by atoms with E-state index in [2.05, 4.69) is 10.2 Å². The van der Waals surface area contributed by atoms with Crippen molar-refractivity contribution in [2.75, 3.05) is 32.8 Å². The SMILES string of the molecule is O=C(CCc1cccs1)NCC(c1ccc(F)cc1)N1CCOCC1. The summed E-state index contributed by atoms with van der Waals surface area (Å²) in [7, 11) is 0. The molecule has 25 heavy (non-hydrogen) atoms. The number of rotatable bonds is 7. The van der Waals surface area contributed by atoms with Gasteiger partial charge in [-0.25, -0.2) is 4.39 Å². The fraction of sp³-hybridized carbons (Fsp3) is 0.421. The highest BCUT2D eigenvalue weighted by molar-refractivity contribution is 7.09. The molecule has 134 valence electrons. The highest BCUT2D eigenvalue weighted by Gasteiger charge is 2.23. The number of thiophene rings is 1. The van der Waals surface area contributed by atoms with E-state index >= 15 is 0 Å². The van der Waals surface area contributed by atoms with Crippen molar-refractivity contribution in [2.45, 2.75) is 18.9 Å². The second-order valence-electron chi connectivity index (χ2n) is 6.10. The second kappa shape index (κ2) is 9.08. The third-order valence-corrected chi connectivity index (χ3v) is 5.35. The topological polar surface area (TPSA) is 41.6 Å². The first-order valence-electron chi connectivity index (χ1n) is 8.59. The van der Waals surface area contributed by atoms with Gasteiger partial charge in [0.05, 0.1) is 19.3 Å². The Morgan fingerprint density at radius 1 is 1.24 bits per heavy atom. The van der Waals surface area contributed by atoms with Crippen molar-refractivity contribution >= 4 is 17.2 Å². The third-order valence-electron chi connectivity index (χ3n) is 4.41. The van der Waals surface area contributed by atoms with E-state index in [1.807, 2.05) is 17.5 Å². The van der Waals surface area contributed by atoms with Crippen LogP contribution in [0.2, 0.25) is 0 Å². The Balaban J connectivity index is 1.58. The van der Waals surface area contributed by atoms with Gasteiger partial charge in [-0.2, -0.15) is 0 Å². The van der Waals surface area contributed by atoms with E-state index in [0.29, 0.717) is 26.2 Å². The maximum atomic E-state index is 13.2. The zero-order chi connectivity index (χ0) is 17.5. The Bertz CT molecular complexity index is 655. The number of nitrogens with zero attached hydrogens (tertiary/aromatic N) is 1. The fourth-order valence-electron chi connectivity index (χ4n) is 3.02. The Morgan fingerprint density at radius 3 is 2.68 bits per heavy atom. The average Bonchev–Trinajstić information content (AvgIpc) is 3.16. The molecule has 1 atom stereocenters. The molecule has 1 amide bonds. The number of hydrogen-bond donors (Lipinski definition) is 1. The van der Waals surface area contributed by atoms with Gasteiger partial charge in [-0.05, 0) is 35.6 Å². The van der Waals surface area contributed by atoms with Crippen molar-refractivity contribution in [3.8, 4) is 0 Å². The van der Waals surface area contributed by atoms with Crippen LogP contribution in [0.3, 0.4) is 0 Å². The molecule has 1 saturated heterocycles. The summed E-state index contributed by atoms with van der Waals surface area (Å²) >= 11 is 1.67. The lowest BCUT2D eigenvalue weighted by atomic mass is 10.0. The maximum absolute atomic E-state index is 13.2. The van der Waals surface area contributed by atoms with E-state index in [4.69, 9.17) is 4.74 Å². The molecule has 1 N–H and O–H groups in total. The molecule has 0 spiro atoms. The van der Waals surface area contributed by atoms with Crippen LogP contribution in [0.1, 0.15) is 22.9 Å². The maximum Gasteiger partial charge on any atom is 0.220 e. The molecule has 6 heteroatoms. The molecule has 0 aliphatic carbocycles. The predicted octanol–water partition coefficient (Wildman–Crippen LogP) is 3.01. The number of ether oxygens (including phenoxy) is 1. The lowest BCUT2D eigenvalue weighted by Crippen LogP contribution is -2.43. The quantitative estimate of drug-likeness (QED) is 0.823. The Hall–Kier alpha value is -1.76. The second-order valence-corrected chi connectivity index (χ2v) is 7.13. The van der Waals surface area contributed by atoms with Crippen LogP contribution in [0.15, 0.2) is 41.8 Å². The summed E-state index contributed by atoms with van der Waals surface area (Å²) in [6, 6.07) is 10.6. The zero-order valence-corrected chi connectivity index (χ0v) is 14.9. The molecule has 2 aromatic rings. The van der Waals surface area contributed by atoms with Crippen LogP contribution in [0.5, 0.6) is 0 Å². The molecule has 1 aliphatic rings. The number of carbonyl (C=O) groups excluding carboxylic acids is 1. The van der Waals surface area contributed by atoms with E-state index in [1.54, 1.807) is 23.5 Å². The van der Waals surface area contributed by atoms with Gasteiger partial charge >= 0.3 is 0 Å². The molecule has 1 unspecified atom stereocenters. The molecule has 1 aromatic carbocycles. The molecular formula is C19H23FN2O2S. The number of amides is 1. The van der Waals surface area contributed by atoms with Gasteiger partial charge in [0.25, 0.3) is 0 Å². The lowest BCUT2D eigenvalue weighted by Gasteiger charge is -2.35. The predicted molar refractivity (Wildman–Crippen MR) is 97.2 cm³/mol. The van der Waals surface area contributed by atoms with Gasteiger partial charge in [-0.3, -0.25) is 9.69 Å². The standard InChI is InChI=1S/C19H23FN2O2S/c20-16-5-3-15(4-6-16)18(22-9-11-24-12-10-22)14-21-19(23)8-7-17-2-1-13-25-17/h1-6,13,18H,7-12,14H2,(H,21,23). The van der Waals surface area contributed by atoms with Gasteiger partial charge in [0.15, 0.2) is 0 Å². The number of nitrogens with one attached hydrogen (secondary N) is 1. The largest absolute Gasteiger partial charge is 0.379 e. The lowest BCUT2D eigenvalue weighted by molar-refractivity contribution is -0.121. The van der Waals surface area contributed by atoms with Crippen molar-refractivity contribution in [1.29, 1.82) is 0 Å². The van der Waals surface area contributed by atoms with Crippen molar-refractivity contribution in [2.24, 2.45) is 0 Å². The fourth-order valence-corrected chi connectivity index (χ4v) is 3.73. The summed E-state index contributed by atoms with van der Waals surface area (Å²) in [5.41, 5.74) is 1.02. The van der Waals surface area contributed by atoms with Crippen LogP contribution in [0.4, 0.5) is 4.39 Å². The normalized spacial score (nSPS) is 16.5. The summed E-state index contributed by atoms with van der Waals surface area (Å²) in [6.07, 6.45) is 1.25. The van der Waals surface area contributed by atoms with Crippen LogP contribution in [0.25, 0.3) is 0 Å². The van der Waals surface area contributed by atoms with Crippen LogP contribution in [0, 0.1) is 5.82 Å². The monoisotopic (exact) mass is 362 g/mol. The van der Waals surface area contributed by atoms with Crippen molar-refractivity contribution in [3.63, 3.8) is 0 Å². The molecule has 4 nitrogen and oxygen atoms in total. The first kappa shape index (κ1) is 18.0. The minimum Gasteiger partial charge on any atom is -0.379 e. The molecule has 0 saturated carbocycles. The molecule has 1 aromatic heterocycles. The van der Waals surface area contributed by atoms with E-state index in [0.717, 1.165) is 25.1 Å². The molecular weight excluding hydrogens is 339 g/mol. The van der Waals surface area contributed by atoms with Crippen LogP contribution < -0.4 is 5.32 Å². The number of benzene rings is 1.